The van der Waals surface area contributed by atoms with Crippen LogP contribution in [0, 0.1) is 10.1 Å². The second-order valence-corrected chi connectivity index (χ2v) is 3.19. The van der Waals surface area contributed by atoms with E-state index < -0.39 is 17.0 Å². The Kier molecular flexibility index (Phi) is 3.86. The molecular weight excluding hydrogens is 230 g/mol. The number of methoxy groups -OCH3 is 1. The number of rotatable bonds is 5. The van der Waals surface area contributed by atoms with Gasteiger partial charge in [-0.05, 0) is 19.1 Å². The van der Waals surface area contributed by atoms with E-state index in [1.165, 1.54) is 32.2 Å². The van der Waals surface area contributed by atoms with Crippen molar-refractivity contribution >= 4 is 11.7 Å². The Balaban J connectivity index is 3.06. The SMILES string of the molecule is COc1ccc(O[C@@H](C)C(=O)O)c([N+](=O)[O-])c1. The van der Waals surface area contributed by atoms with Crippen molar-refractivity contribution in [2.45, 2.75) is 13.0 Å². The molecule has 0 bridgehead atoms. The molecule has 1 rings (SSSR count). The van der Waals surface area contributed by atoms with E-state index in [1.54, 1.807) is 0 Å². The summed E-state index contributed by atoms with van der Waals surface area (Å²) in [5.74, 6) is -1.01. The number of carbonyl (C=O) groups is 1. The predicted molar refractivity (Wildman–Crippen MR) is 57.4 cm³/mol. The van der Waals surface area contributed by atoms with E-state index in [4.69, 9.17) is 14.6 Å². The summed E-state index contributed by atoms with van der Waals surface area (Å²) in [7, 11) is 1.37. The summed E-state index contributed by atoms with van der Waals surface area (Å²) in [4.78, 5) is 20.7. The Morgan fingerprint density at radius 1 is 1.53 bits per heavy atom. The maximum absolute atomic E-state index is 10.8. The number of nitro benzene ring substituents is 1. The van der Waals surface area contributed by atoms with E-state index in [2.05, 4.69) is 0 Å². The fourth-order valence-corrected chi connectivity index (χ4v) is 1.11. The lowest BCUT2D eigenvalue weighted by molar-refractivity contribution is -0.386. The van der Waals surface area contributed by atoms with Crippen LogP contribution in [0.2, 0.25) is 0 Å². The van der Waals surface area contributed by atoms with Gasteiger partial charge in [0.15, 0.2) is 11.9 Å². The molecule has 0 unspecified atom stereocenters. The molecule has 0 aliphatic rings. The largest absolute Gasteiger partial charge is 0.496 e. The number of carboxylic acids is 1. The number of carboxylic acid groups (broad SMARTS) is 1. The summed E-state index contributed by atoms with van der Waals surface area (Å²) in [6, 6.07) is 3.93. The molecule has 0 spiro atoms. The highest BCUT2D eigenvalue weighted by Gasteiger charge is 2.21. The maximum Gasteiger partial charge on any atom is 0.344 e. The van der Waals surface area contributed by atoms with Crippen LogP contribution in [-0.4, -0.2) is 29.2 Å². The quantitative estimate of drug-likeness (QED) is 0.618. The third-order valence-electron chi connectivity index (χ3n) is 2.01. The average Bonchev–Trinajstić information content (AvgIpc) is 2.29. The van der Waals surface area contributed by atoms with Gasteiger partial charge in [0.05, 0.1) is 18.1 Å². The minimum absolute atomic E-state index is 0.106. The van der Waals surface area contributed by atoms with Crippen LogP contribution in [0.1, 0.15) is 6.92 Å². The summed E-state index contributed by atoms with van der Waals surface area (Å²) < 4.78 is 9.81. The number of hydrogen-bond acceptors (Lipinski definition) is 5. The number of aliphatic carboxylic acids is 1. The van der Waals surface area contributed by atoms with Gasteiger partial charge < -0.3 is 14.6 Å². The highest BCUT2D eigenvalue weighted by atomic mass is 16.6. The predicted octanol–water partition coefficient (Wildman–Crippen LogP) is 1.46. The third kappa shape index (κ3) is 3.07. The van der Waals surface area contributed by atoms with Crippen LogP contribution in [0.4, 0.5) is 5.69 Å². The van der Waals surface area contributed by atoms with Gasteiger partial charge in [-0.1, -0.05) is 0 Å². The molecule has 1 atom stereocenters. The summed E-state index contributed by atoms with van der Waals surface area (Å²) >= 11 is 0. The highest BCUT2D eigenvalue weighted by molar-refractivity contribution is 5.72. The molecule has 0 saturated heterocycles. The molecule has 1 aromatic carbocycles. The van der Waals surface area contributed by atoms with E-state index in [0.29, 0.717) is 5.75 Å². The fraction of sp³-hybridized carbons (Fsp3) is 0.300. The van der Waals surface area contributed by atoms with Crippen LogP contribution in [0.3, 0.4) is 0 Å². The lowest BCUT2D eigenvalue weighted by atomic mass is 10.2. The lowest BCUT2D eigenvalue weighted by Gasteiger charge is -2.10. The van der Waals surface area contributed by atoms with Crippen LogP contribution < -0.4 is 9.47 Å². The van der Waals surface area contributed by atoms with Crippen LogP contribution in [0.15, 0.2) is 18.2 Å². The van der Waals surface area contributed by atoms with Crippen molar-refractivity contribution in [2.75, 3.05) is 7.11 Å². The molecule has 7 heteroatoms. The minimum atomic E-state index is -1.20. The van der Waals surface area contributed by atoms with Crippen molar-refractivity contribution in [3.63, 3.8) is 0 Å². The Hall–Kier alpha value is -2.31. The zero-order valence-electron chi connectivity index (χ0n) is 9.25. The molecule has 0 aromatic heterocycles. The van der Waals surface area contributed by atoms with E-state index in [9.17, 15) is 14.9 Å². The van der Waals surface area contributed by atoms with Crippen molar-refractivity contribution in [3.8, 4) is 11.5 Å². The molecule has 0 radical (unpaired) electrons. The Morgan fingerprint density at radius 2 is 2.18 bits per heavy atom. The summed E-state index contributed by atoms with van der Waals surface area (Å²) in [5.41, 5.74) is -0.336. The maximum atomic E-state index is 10.8. The zero-order chi connectivity index (χ0) is 13.0. The lowest BCUT2D eigenvalue weighted by Crippen LogP contribution is -2.23. The van der Waals surface area contributed by atoms with Gasteiger partial charge in [0, 0.05) is 0 Å². The Morgan fingerprint density at radius 3 is 2.65 bits per heavy atom. The first kappa shape index (κ1) is 12.8. The standard InChI is InChI=1S/C10H11NO6/c1-6(10(12)13)17-9-4-3-7(16-2)5-8(9)11(14)15/h3-6H,1-2H3,(H,12,13)/t6-/m0/s1. The molecule has 1 aromatic rings. The topological polar surface area (TPSA) is 98.9 Å². The molecule has 92 valence electrons. The highest BCUT2D eigenvalue weighted by Crippen LogP contribution is 2.31. The molecule has 7 nitrogen and oxygen atoms in total. The fourth-order valence-electron chi connectivity index (χ4n) is 1.11. The number of ether oxygens (including phenoxy) is 2. The first-order valence-corrected chi connectivity index (χ1v) is 4.67. The summed E-state index contributed by atoms with van der Waals surface area (Å²) in [6.45, 7) is 1.29. The van der Waals surface area contributed by atoms with E-state index in [-0.39, 0.29) is 11.4 Å². The molecule has 0 heterocycles. The van der Waals surface area contributed by atoms with Gasteiger partial charge in [-0.2, -0.15) is 0 Å². The van der Waals surface area contributed by atoms with Gasteiger partial charge >= 0.3 is 11.7 Å². The molecule has 0 aliphatic heterocycles. The first-order chi connectivity index (χ1) is 7.95. The van der Waals surface area contributed by atoms with Gasteiger partial charge in [-0.3, -0.25) is 10.1 Å². The Labute approximate surface area is 96.7 Å². The zero-order valence-corrected chi connectivity index (χ0v) is 9.25. The average molecular weight is 241 g/mol. The summed E-state index contributed by atoms with van der Waals surface area (Å²) in [5, 5.41) is 19.4. The number of hydrogen-bond donors (Lipinski definition) is 1. The van der Waals surface area contributed by atoms with Gasteiger partial charge in [0.2, 0.25) is 0 Å². The van der Waals surface area contributed by atoms with Crippen LogP contribution >= 0.6 is 0 Å². The van der Waals surface area contributed by atoms with Crippen molar-refractivity contribution in [1.29, 1.82) is 0 Å². The second-order valence-electron chi connectivity index (χ2n) is 3.19. The smallest absolute Gasteiger partial charge is 0.344 e. The van der Waals surface area contributed by atoms with Crippen LogP contribution in [0.5, 0.6) is 11.5 Å². The van der Waals surface area contributed by atoms with Gasteiger partial charge in [0.25, 0.3) is 0 Å². The van der Waals surface area contributed by atoms with Crippen molar-refractivity contribution in [3.05, 3.63) is 28.3 Å². The van der Waals surface area contributed by atoms with E-state index in [0.717, 1.165) is 0 Å². The third-order valence-corrected chi connectivity index (χ3v) is 2.01. The second kappa shape index (κ2) is 5.15. The van der Waals surface area contributed by atoms with E-state index >= 15 is 0 Å². The molecular formula is C10H11NO6. The molecule has 0 amide bonds. The Bertz CT molecular complexity index is 444. The molecule has 17 heavy (non-hydrogen) atoms. The van der Waals surface area contributed by atoms with Crippen LogP contribution in [-0.2, 0) is 4.79 Å². The molecule has 0 saturated carbocycles. The normalized spacial score (nSPS) is 11.6. The number of nitro groups is 1. The number of benzene rings is 1. The van der Waals surface area contributed by atoms with E-state index in [1.807, 2.05) is 0 Å². The van der Waals surface area contributed by atoms with Gasteiger partial charge in [0.1, 0.15) is 5.75 Å². The molecule has 1 N–H and O–H groups in total. The van der Waals surface area contributed by atoms with Gasteiger partial charge in [-0.15, -0.1) is 0 Å². The first-order valence-electron chi connectivity index (χ1n) is 4.67. The van der Waals surface area contributed by atoms with Crippen molar-refractivity contribution in [2.24, 2.45) is 0 Å². The van der Waals surface area contributed by atoms with Crippen molar-refractivity contribution in [1.82, 2.24) is 0 Å². The minimum Gasteiger partial charge on any atom is -0.496 e. The van der Waals surface area contributed by atoms with Crippen LogP contribution in [0.25, 0.3) is 0 Å². The monoisotopic (exact) mass is 241 g/mol. The molecule has 0 aliphatic carbocycles. The molecule has 0 fully saturated rings. The number of nitrogens with zero attached hydrogens (tertiary/aromatic N) is 1. The van der Waals surface area contributed by atoms with Crippen molar-refractivity contribution < 1.29 is 24.3 Å². The van der Waals surface area contributed by atoms with Gasteiger partial charge in [-0.25, -0.2) is 4.79 Å². The summed E-state index contributed by atoms with van der Waals surface area (Å²) in [6.07, 6.45) is -1.16.